The van der Waals surface area contributed by atoms with Gasteiger partial charge >= 0.3 is 5.97 Å². The Labute approximate surface area is 168 Å². The van der Waals surface area contributed by atoms with E-state index in [4.69, 9.17) is 17.3 Å². The number of fused-ring (bicyclic) bond motifs is 1. The number of phenols is 1. The van der Waals surface area contributed by atoms with Gasteiger partial charge in [0.2, 0.25) is 0 Å². The van der Waals surface area contributed by atoms with Crippen LogP contribution in [0.1, 0.15) is 16.1 Å². The van der Waals surface area contributed by atoms with Crippen LogP contribution < -0.4 is 4.90 Å². The molecular weight excluding hydrogens is 398 g/mol. The van der Waals surface area contributed by atoms with Crippen LogP contribution in [0.2, 0.25) is 0 Å². The number of aromatic nitrogens is 2. The van der Waals surface area contributed by atoms with E-state index in [2.05, 4.69) is 9.97 Å². The van der Waals surface area contributed by atoms with Gasteiger partial charge in [-0.05, 0) is 30.3 Å². The third-order valence-electron chi connectivity index (χ3n) is 4.01. The van der Waals surface area contributed by atoms with E-state index < -0.39 is 11.7 Å². The molecule has 138 valence electrons. The molecule has 1 aliphatic rings. The zero-order valence-electron chi connectivity index (χ0n) is 14.1. The number of carboxylic acid groups (broad SMARTS) is 1. The summed E-state index contributed by atoms with van der Waals surface area (Å²) in [5, 5.41) is 18.9. The van der Waals surface area contributed by atoms with Crippen LogP contribution in [0.25, 0.3) is 17.1 Å². The predicted octanol–water partition coefficient (Wildman–Crippen LogP) is 3.44. The fourth-order valence-electron chi connectivity index (χ4n) is 2.71. The van der Waals surface area contributed by atoms with E-state index in [-0.39, 0.29) is 21.5 Å². The van der Waals surface area contributed by atoms with Crippen molar-refractivity contribution >= 4 is 63.0 Å². The molecule has 28 heavy (non-hydrogen) atoms. The summed E-state index contributed by atoms with van der Waals surface area (Å²) in [7, 11) is 0. The second-order valence-electron chi connectivity index (χ2n) is 5.81. The van der Waals surface area contributed by atoms with Gasteiger partial charge in [-0.15, -0.1) is 0 Å². The molecule has 1 aliphatic heterocycles. The molecule has 0 atom stereocenters. The number of aromatic hydroxyl groups is 1. The minimum absolute atomic E-state index is 0.254. The smallest absolute Gasteiger partial charge is 0.339 e. The summed E-state index contributed by atoms with van der Waals surface area (Å²) in [4.78, 5) is 34.2. The number of benzene rings is 2. The lowest BCUT2D eigenvalue weighted by Crippen LogP contribution is -2.27. The number of thiocarbonyl (C=S) groups is 1. The Morgan fingerprint density at radius 1 is 1.18 bits per heavy atom. The van der Waals surface area contributed by atoms with Crippen molar-refractivity contribution in [3.05, 3.63) is 64.8 Å². The van der Waals surface area contributed by atoms with Crippen molar-refractivity contribution in [2.24, 2.45) is 0 Å². The zero-order chi connectivity index (χ0) is 19.8. The lowest BCUT2D eigenvalue weighted by atomic mass is 10.1. The predicted molar refractivity (Wildman–Crippen MR) is 110 cm³/mol. The fraction of sp³-hybridized carbons (Fsp3) is 0. The third kappa shape index (κ3) is 3.21. The zero-order valence-corrected chi connectivity index (χ0v) is 15.7. The number of carboxylic acids is 1. The van der Waals surface area contributed by atoms with Crippen LogP contribution in [-0.2, 0) is 4.79 Å². The van der Waals surface area contributed by atoms with Crippen LogP contribution in [0, 0.1) is 0 Å². The van der Waals surface area contributed by atoms with E-state index in [0.29, 0.717) is 16.1 Å². The molecule has 1 amide bonds. The van der Waals surface area contributed by atoms with Crippen molar-refractivity contribution in [3.8, 4) is 5.75 Å². The number of hydrogen-bond donors (Lipinski definition) is 2. The number of aromatic carboxylic acids is 1. The van der Waals surface area contributed by atoms with E-state index in [1.807, 2.05) is 24.3 Å². The van der Waals surface area contributed by atoms with E-state index in [9.17, 15) is 14.7 Å². The van der Waals surface area contributed by atoms with Crippen LogP contribution in [0.5, 0.6) is 5.75 Å². The average molecular weight is 409 g/mol. The minimum atomic E-state index is -1.26. The number of nitrogens with zero attached hydrogens (tertiary/aromatic N) is 3. The largest absolute Gasteiger partial charge is 0.507 e. The Morgan fingerprint density at radius 3 is 2.64 bits per heavy atom. The van der Waals surface area contributed by atoms with E-state index in [1.54, 1.807) is 12.3 Å². The van der Waals surface area contributed by atoms with E-state index >= 15 is 0 Å². The van der Waals surface area contributed by atoms with Crippen LogP contribution >= 0.6 is 24.0 Å². The molecule has 3 aromatic rings. The van der Waals surface area contributed by atoms with E-state index in [0.717, 1.165) is 17.3 Å². The first kappa shape index (κ1) is 18.1. The monoisotopic (exact) mass is 409 g/mol. The summed E-state index contributed by atoms with van der Waals surface area (Å²) < 4.78 is 0.271. The third-order valence-corrected chi connectivity index (χ3v) is 5.31. The van der Waals surface area contributed by atoms with Crippen LogP contribution in [0.4, 0.5) is 5.69 Å². The molecule has 1 saturated heterocycles. The first-order chi connectivity index (χ1) is 13.4. The molecule has 9 heteroatoms. The standard InChI is InChI=1S/C19H11N3O4S2/c23-15-8-11(5-6-12(15)18(25)26)22-17(24)16(28-19(22)27)7-10-9-20-13-3-1-2-4-14(13)21-10/h1-9,23H,(H,25,26). The maximum Gasteiger partial charge on any atom is 0.339 e. The highest BCUT2D eigenvalue weighted by atomic mass is 32.2. The maximum atomic E-state index is 12.8. The fourth-order valence-corrected chi connectivity index (χ4v) is 3.99. The van der Waals surface area contributed by atoms with Gasteiger partial charge in [-0.2, -0.15) is 0 Å². The van der Waals surface area contributed by atoms with Crippen LogP contribution in [-0.4, -0.2) is 36.4 Å². The van der Waals surface area contributed by atoms with Gasteiger partial charge in [0.25, 0.3) is 5.91 Å². The molecule has 2 aromatic carbocycles. The number of hydrogen-bond acceptors (Lipinski definition) is 7. The van der Waals surface area contributed by atoms with Gasteiger partial charge in [0.05, 0.1) is 33.5 Å². The SMILES string of the molecule is O=C(O)c1ccc(N2C(=O)C(=Cc3cnc4ccccc4n3)SC2=S)cc1O. The lowest BCUT2D eigenvalue weighted by Gasteiger charge is -2.15. The molecule has 4 rings (SSSR count). The van der Waals surface area contributed by atoms with Gasteiger partial charge < -0.3 is 10.2 Å². The minimum Gasteiger partial charge on any atom is -0.507 e. The Hall–Kier alpha value is -3.30. The topological polar surface area (TPSA) is 104 Å². The van der Waals surface area contributed by atoms with Crippen molar-refractivity contribution in [1.29, 1.82) is 0 Å². The quantitative estimate of drug-likeness (QED) is 0.501. The van der Waals surface area contributed by atoms with Gasteiger partial charge in [0, 0.05) is 6.07 Å². The number of carbonyl (C=O) groups excluding carboxylic acids is 1. The van der Waals surface area contributed by atoms with Gasteiger partial charge in [-0.25, -0.2) is 9.78 Å². The molecule has 0 saturated carbocycles. The molecule has 2 heterocycles. The molecule has 1 aromatic heterocycles. The highest BCUT2D eigenvalue weighted by Gasteiger charge is 2.34. The summed E-state index contributed by atoms with van der Waals surface area (Å²) in [6, 6.07) is 11.3. The maximum absolute atomic E-state index is 12.8. The second-order valence-corrected chi connectivity index (χ2v) is 7.48. The Morgan fingerprint density at radius 2 is 1.93 bits per heavy atom. The number of para-hydroxylation sites is 2. The Kier molecular flexibility index (Phi) is 4.54. The molecule has 0 aliphatic carbocycles. The summed E-state index contributed by atoms with van der Waals surface area (Å²) in [5.41, 5.74) is 2.01. The van der Waals surface area contributed by atoms with Gasteiger partial charge in [-0.1, -0.05) is 36.1 Å². The number of thioether (sulfide) groups is 1. The van der Waals surface area contributed by atoms with Crippen LogP contribution in [0.3, 0.4) is 0 Å². The second kappa shape index (κ2) is 7.02. The molecule has 2 N–H and O–H groups in total. The van der Waals surface area contributed by atoms with Crippen molar-refractivity contribution < 1.29 is 19.8 Å². The molecule has 0 unspecified atom stereocenters. The number of carbonyl (C=O) groups is 2. The molecular formula is C19H11N3O4S2. The summed E-state index contributed by atoms with van der Waals surface area (Å²) in [6.45, 7) is 0. The Bertz CT molecular complexity index is 1190. The van der Waals surface area contributed by atoms with Gasteiger partial charge in [-0.3, -0.25) is 14.7 Å². The first-order valence-electron chi connectivity index (χ1n) is 8.00. The number of anilines is 1. The van der Waals surface area contributed by atoms with Crippen LogP contribution in [0.15, 0.2) is 53.6 Å². The van der Waals surface area contributed by atoms with Gasteiger partial charge in [0.15, 0.2) is 4.32 Å². The van der Waals surface area contributed by atoms with Crippen molar-refractivity contribution in [2.75, 3.05) is 4.90 Å². The van der Waals surface area contributed by atoms with Crippen molar-refractivity contribution in [3.63, 3.8) is 0 Å². The average Bonchev–Trinajstić information content (AvgIpc) is 2.94. The van der Waals surface area contributed by atoms with Gasteiger partial charge in [0.1, 0.15) is 11.3 Å². The summed E-state index contributed by atoms with van der Waals surface area (Å²) in [5.74, 6) is -2.08. The number of amides is 1. The molecule has 7 nitrogen and oxygen atoms in total. The van der Waals surface area contributed by atoms with Crippen molar-refractivity contribution in [1.82, 2.24) is 9.97 Å². The molecule has 1 fully saturated rings. The molecule has 0 spiro atoms. The molecule has 0 radical (unpaired) electrons. The summed E-state index contributed by atoms with van der Waals surface area (Å²) >= 11 is 6.39. The van der Waals surface area contributed by atoms with Crippen molar-refractivity contribution in [2.45, 2.75) is 0 Å². The first-order valence-corrected chi connectivity index (χ1v) is 9.22. The Balaban J connectivity index is 1.67. The highest BCUT2D eigenvalue weighted by molar-refractivity contribution is 8.27. The van der Waals surface area contributed by atoms with E-state index in [1.165, 1.54) is 23.1 Å². The highest BCUT2D eigenvalue weighted by Crippen LogP contribution is 2.37. The lowest BCUT2D eigenvalue weighted by molar-refractivity contribution is -0.113. The normalized spacial score (nSPS) is 15.6. The molecule has 0 bridgehead atoms. The summed E-state index contributed by atoms with van der Waals surface area (Å²) in [6.07, 6.45) is 3.17. The number of rotatable bonds is 3.